The highest BCUT2D eigenvalue weighted by Crippen LogP contribution is 2.45. The summed E-state index contributed by atoms with van der Waals surface area (Å²) in [5.74, 6) is 0.834. The second-order valence-corrected chi connectivity index (χ2v) is 7.78. The summed E-state index contributed by atoms with van der Waals surface area (Å²) in [6, 6.07) is 11.9. The van der Waals surface area contributed by atoms with Gasteiger partial charge in [0.05, 0.1) is 31.4 Å². The Morgan fingerprint density at radius 1 is 1.07 bits per heavy atom. The van der Waals surface area contributed by atoms with Crippen molar-refractivity contribution in [3.05, 3.63) is 53.8 Å². The van der Waals surface area contributed by atoms with E-state index in [0.717, 1.165) is 25.1 Å². The third-order valence-electron chi connectivity index (χ3n) is 6.45. The number of benzene rings is 2. The number of anilines is 1. The molecule has 2 aromatic carbocycles. The van der Waals surface area contributed by atoms with Crippen molar-refractivity contribution >= 4 is 11.6 Å². The molecule has 0 radical (unpaired) electrons. The highest BCUT2D eigenvalue weighted by molar-refractivity contribution is 5.97. The van der Waals surface area contributed by atoms with Gasteiger partial charge in [0.2, 0.25) is 0 Å². The maximum Gasteiger partial charge on any atom is 0.257 e. The minimum atomic E-state index is -0.247. The largest absolute Gasteiger partial charge is 0.497 e. The molecule has 0 aromatic heterocycles. The summed E-state index contributed by atoms with van der Waals surface area (Å²) in [5.41, 5.74) is 1.16. The van der Waals surface area contributed by atoms with Gasteiger partial charge in [-0.2, -0.15) is 0 Å². The zero-order valence-electron chi connectivity index (χ0n) is 17.6. The number of halogens is 1. The molecule has 1 unspecified atom stereocenters. The van der Waals surface area contributed by atoms with Gasteiger partial charge in [-0.05, 0) is 43.2 Å². The van der Waals surface area contributed by atoms with E-state index < -0.39 is 0 Å². The van der Waals surface area contributed by atoms with E-state index in [9.17, 15) is 9.18 Å². The Morgan fingerprint density at radius 3 is 2.47 bits per heavy atom. The molecule has 4 rings (SSSR count). The number of amides is 1. The lowest BCUT2D eigenvalue weighted by atomic mass is 9.73. The van der Waals surface area contributed by atoms with Crippen LogP contribution >= 0.6 is 0 Å². The van der Waals surface area contributed by atoms with Gasteiger partial charge in [0.15, 0.2) is 0 Å². The molecule has 6 nitrogen and oxygen atoms in total. The molecule has 2 heterocycles. The lowest BCUT2D eigenvalue weighted by Gasteiger charge is -2.61. The molecule has 2 aromatic rings. The molecule has 1 spiro atoms. The van der Waals surface area contributed by atoms with Gasteiger partial charge in [0, 0.05) is 38.5 Å². The molecule has 0 aliphatic carbocycles. The van der Waals surface area contributed by atoms with E-state index in [-0.39, 0.29) is 23.4 Å². The van der Waals surface area contributed by atoms with E-state index in [1.807, 2.05) is 11.0 Å². The summed E-state index contributed by atoms with van der Waals surface area (Å²) in [5, 5.41) is 0. The molecule has 0 saturated carbocycles. The number of ether oxygens (including phenoxy) is 3. The highest BCUT2D eigenvalue weighted by Gasteiger charge is 2.55. The molecule has 1 atom stereocenters. The normalized spacial score (nSPS) is 20.1. The molecule has 2 aliphatic rings. The highest BCUT2D eigenvalue weighted by atomic mass is 19.1. The number of nitrogens with zero attached hydrogens (tertiary/aromatic N) is 2. The molecular formula is C23H27FN2O4. The fourth-order valence-corrected chi connectivity index (χ4v) is 4.71. The molecule has 0 bridgehead atoms. The SMILES string of the molecule is COc1ccc(C(=O)N2CCC3(CC2)C(OC)CN3c2cccc(F)c2)c(OC)c1. The molecule has 2 aliphatic heterocycles. The van der Waals surface area contributed by atoms with Crippen LogP contribution in [0.4, 0.5) is 10.1 Å². The number of carbonyl (C=O) groups is 1. The van der Waals surface area contributed by atoms with Crippen LogP contribution in [0.1, 0.15) is 23.2 Å². The van der Waals surface area contributed by atoms with E-state index in [1.165, 1.54) is 6.07 Å². The summed E-state index contributed by atoms with van der Waals surface area (Å²) in [6.07, 6.45) is 1.58. The summed E-state index contributed by atoms with van der Waals surface area (Å²) >= 11 is 0. The van der Waals surface area contributed by atoms with Crippen LogP contribution in [0.2, 0.25) is 0 Å². The monoisotopic (exact) mass is 414 g/mol. The summed E-state index contributed by atoms with van der Waals surface area (Å²) < 4.78 is 30.1. The van der Waals surface area contributed by atoms with Crippen LogP contribution in [0, 0.1) is 5.82 Å². The van der Waals surface area contributed by atoms with Gasteiger partial charge < -0.3 is 24.0 Å². The molecule has 2 fully saturated rings. The molecule has 0 N–H and O–H groups in total. The van der Waals surface area contributed by atoms with Crippen LogP contribution in [-0.4, -0.2) is 63.4 Å². The van der Waals surface area contributed by atoms with Crippen LogP contribution in [0.5, 0.6) is 11.5 Å². The van der Waals surface area contributed by atoms with Crippen LogP contribution in [-0.2, 0) is 4.74 Å². The van der Waals surface area contributed by atoms with Gasteiger partial charge >= 0.3 is 0 Å². The van der Waals surface area contributed by atoms with E-state index >= 15 is 0 Å². The molecule has 30 heavy (non-hydrogen) atoms. The summed E-state index contributed by atoms with van der Waals surface area (Å²) in [6.45, 7) is 1.92. The topological polar surface area (TPSA) is 51.2 Å². The van der Waals surface area contributed by atoms with Crippen molar-refractivity contribution in [1.29, 1.82) is 0 Å². The molecular weight excluding hydrogens is 387 g/mol. The standard InChI is InChI=1S/C23H27FN2O4/c1-28-18-7-8-19(20(14-18)29-2)22(27)25-11-9-23(10-12-25)21(30-3)15-26(23)17-6-4-5-16(24)13-17/h4-8,13-14,21H,9-12,15H2,1-3H3. The van der Waals surface area contributed by atoms with Gasteiger partial charge in [-0.1, -0.05) is 6.07 Å². The average molecular weight is 414 g/mol. The summed E-state index contributed by atoms with van der Waals surface area (Å²) in [4.78, 5) is 17.2. The van der Waals surface area contributed by atoms with Crippen molar-refractivity contribution in [3.63, 3.8) is 0 Å². The van der Waals surface area contributed by atoms with Gasteiger partial charge in [0.1, 0.15) is 17.3 Å². The third kappa shape index (κ3) is 3.37. The lowest BCUT2D eigenvalue weighted by molar-refractivity contribution is -0.0433. The number of hydrogen-bond acceptors (Lipinski definition) is 5. The average Bonchev–Trinajstić information content (AvgIpc) is 2.78. The number of hydrogen-bond donors (Lipinski definition) is 0. The quantitative estimate of drug-likeness (QED) is 0.751. The third-order valence-corrected chi connectivity index (χ3v) is 6.45. The predicted molar refractivity (Wildman–Crippen MR) is 112 cm³/mol. The number of rotatable bonds is 5. The first-order valence-electron chi connectivity index (χ1n) is 10.1. The minimum absolute atomic E-state index is 0.0602. The molecule has 160 valence electrons. The predicted octanol–water partition coefficient (Wildman–Crippen LogP) is 3.35. The molecule has 1 amide bonds. The van der Waals surface area contributed by atoms with Crippen molar-refractivity contribution in [2.24, 2.45) is 0 Å². The number of methoxy groups -OCH3 is 3. The number of carbonyl (C=O) groups excluding carboxylic acids is 1. The Kier molecular flexibility index (Phi) is 5.56. The van der Waals surface area contributed by atoms with Crippen LogP contribution in [0.15, 0.2) is 42.5 Å². The van der Waals surface area contributed by atoms with Crippen molar-refractivity contribution in [2.45, 2.75) is 24.5 Å². The van der Waals surface area contributed by atoms with Crippen LogP contribution in [0.25, 0.3) is 0 Å². The first kappa shape index (κ1) is 20.5. The van der Waals surface area contributed by atoms with Gasteiger partial charge in [-0.3, -0.25) is 4.79 Å². The molecule has 7 heteroatoms. The van der Waals surface area contributed by atoms with Crippen LogP contribution in [0.3, 0.4) is 0 Å². The Hall–Kier alpha value is -2.80. The van der Waals surface area contributed by atoms with E-state index in [4.69, 9.17) is 14.2 Å². The van der Waals surface area contributed by atoms with E-state index in [1.54, 1.807) is 51.7 Å². The first-order valence-corrected chi connectivity index (χ1v) is 10.1. The maximum absolute atomic E-state index is 13.8. The number of likely N-dealkylation sites (tertiary alicyclic amines) is 1. The zero-order chi connectivity index (χ0) is 21.3. The fraction of sp³-hybridized carbons (Fsp3) is 0.435. The van der Waals surface area contributed by atoms with Crippen LogP contribution < -0.4 is 14.4 Å². The Labute approximate surface area is 176 Å². The smallest absolute Gasteiger partial charge is 0.257 e. The lowest BCUT2D eigenvalue weighted by Crippen LogP contribution is -2.74. The van der Waals surface area contributed by atoms with Crippen molar-refractivity contribution in [3.8, 4) is 11.5 Å². The van der Waals surface area contributed by atoms with Gasteiger partial charge in [0.25, 0.3) is 5.91 Å². The molecule has 2 saturated heterocycles. The van der Waals surface area contributed by atoms with Gasteiger partial charge in [-0.25, -0.2) is 4.39 Å². The van der Waals surface area contributed by atoms with Crippen molar-refractivity contribution in [2.75, 3.05) is 45.9 Å². The Balaban J connectivity index is 1.51. The van der Waals surface area contributed by atoms with E-state index in [2.05, 4.69) is 4.90 Å². The summed E-state index contributed by atoms with van der Waals surface area (Å²) in [7, 11) is 4.84. The maximum atomic E-state index is 13.8. The van der Waals surface area contributed by atoms with Gasteiger partial charge in [-0.15, -0.1) is 0 Å². The minimum Gasteiger partial charge on any atom is -0.497 e. The van der Waals surface area contributed by atoms with E-state index in [0.29, 0.717) is 30.2 Å². The Morgan fingerprint density at radius 2 is 1.83 bits per heavy atom. The van der Waals surface area contributed by atoms with Crippen molar-refractivity contribution < 1.29 is 23.4 Å². The zero-order valence-corrected chi connectivity index (χ0v) is 17.6. The number of piperidine rings is 1. The second-order valence-electron chi connectivity index (χ2n) is 7.78. The fourth-order valence-electron chi connectivity index (χ4n) is 4.71. The first-order chi connectivity index (χ1) is 14.5. The second kappa shape index (κ2) is 8.14. The Bertz CT molecular complexity index is 927. The van der Waals surface area contributed by atoms with Crippen molar-refractivity contribution in [1.82, 2.24) is 4.90 Å².